The molecule has 1 rings (SSSR count). The van der Waals surface area contributed by atoms with Crippen LogP contribution in [0.4, 0.5) is 0 Å². The number of likely N-dealkylation sites (tertiary alicyclic amines) is 1. The largest absolute Gasteiger partial charge is 0.480 e. The normalized spacial score (nSPS) is 23.6. The molecule has 0 bridgehead atoms. The molecule has 82 valence electrons. The van der Waals surface area contributed by atoms with Crippen LogP contribution < -0.4 is 5.32 Å². The van der Waals surface area contributed by atoms with Gasteiger partial charge in [0.25, 0.3) is 0 Å². The fourth-order valence-electron chi connectivity index (χ4n) is 1.91. The summed E-state index contributed by atoms with van der Waals surface area (Å²) in [5.74, 6) is -0.721. The van der Waals surface area contributed by atoms with E-state index in [1.54, 1.807) is 0 Å². The number of piperidine rings is 1. The first-order valence-electron chi connectivity index (χ1n) is 5.40. The molecule has 1 saturated heterocycles. The highest BCUT2D eigenvalue weighted by Crippen LogP contribution is 2.09. The molecule has 0 aromatic carbocycles. The second kappa shape index (κ2) is 5.98. The van der Waals surface area contributed by atoms with Gasteiger partial charge in [-0.3, -0.25) is 9.69 Å². The van der Waals surface area contributed by atoms with Crippen molar-refractivity contribution >= 4 is 5.97 Å². The van der Waals surface area contributed by atoms with Crippen molar-refractivity contribution in [3.05, 3.63) is 0 Å². The molecule has 4 heteroatoms. The molecule has 0 unspecified atom stereocenters. The number of carboxylic acids is 1. The maximum absolute atomic E-state index is 10.5. The maximum Gasteiger partial charge on any atom is 0.317 e. The highest BCUT2D eigenvalue weighted by molar-refractivity contribution is 5.69. The minimum atomic E-state index is -0.721. The molecule has 0 aliphatic carbocycles. The van der Waals surface area contributed by atoms with E-state index in [2.05, 4.69) is 12.2 Å². The number of carbonyl (C=O) groups is 1. The molecule has 0 saturated carbocycles. The molecule has 0 radical (unpaired) electrons. The van der Waals surface area contributed by atoms with Gasteiger partial charge < -0.3 is 10.4 Å². The Kier molecular flexibility index (Phi) is 4.90. The van der Waals surface area contributed by atoms with E-state index >= 15 is 0 Å². The topological polar surface area (TPSA) is 52.6 Å². The Morgan fingerprint density at radius 3 is 3.07 bits per heavy atom. The molecular formula is C10H20N2O2. The van der Waals surface area contributed by atoms with E-state index in [9.17, 15) is 4.79 Å². The van der Waals surface area contributed by atoms with Gasteiger partial charge in [0.15, 0.2) is 0 Å². The Balaban J connectivity index is 2.24. The Morgan fingerprint density at radius 1 is 1.64 bits per heavy atom. The molecule has 1 aliphatic rings. The van der Waals surface area contributed by atoms with Gasteiger partial charge in [-0.2, -0.15) is 0 Å². The number of carboxylic acid groups (broad SMARTS) is 1. The lowest BCUT2D eigenvalue weighted by Crippen LogP contribution is -2.47. The van der Waals surface area contributed by atoms with Crippen LogP contribution in [0.1, 0.15) is 26.2 Å². The summed E-state index contributed by atoms with van der Waals surface area (Å²) in [6, 6.07) is 0.489. The van der Waals surface area contributed by atoms with Crippen LogP contribution in [0.25, 0.3) is 0 Å². The third-order valence-corrected chi connectivity index (χ3v) is 2.55. The second-order valence-corrected chi connectivity index (χ2v) is 3.92. The summed E-state index contributed by atoms with van der Waals surface area (Å²) < 4.78 is 0. The van der Waals surface area contributed by atoms with E-state index in [0.717, 1.165) is 32.5 Å². The van der Waals surface area contributed by atoms with Crippen LogP contribution in [0.2, 0.25) is 0 Å². The molecule has 1 heterocycles. The Labute approximate surface area is 85.3 Å². The minimum Gasteiger partial charge on any atom is -0.480 e. The van der Waals surface area contributed by atoms with E-state index in [1.807, 2.05) is 4.90 Å². The molecule has 1 aliphatic heterocycles. The van der Waals surface area contributed by atoms with Crippen LogP contribution in [0, 0.1) is 0 Å². The summed E-state index contributed by atoms with van der Waals surface area (Å²) >= 11 is 0. The van der Waals surface area contributed by atoms with Gasteiger partial charge in [0.1, 0.15) is 0 Å². The Morgan fingerprint density at radius 2 is 2.43 bits per heavy atom. The second-order valence-electron chi connectivity index (χ2n) is 3.92. The lowest BCUT2D eigenvalue weighted by atomic mass is 10.1. The van der Waals surface area contributed by atoms with Crippen LogP contribution in [-0.2, 0) is 4.79 Å². The quantitative estimate of drug-likeness (QED) is 0.680. The van der Waals surface area contributed by atoms with Crippen LogP contribution in [0.5, 0.6) is 0 Å². The number of aliphatic carboxylic acids is 1. The molecule has 0 spiro atoms. The fraction of sp³-hybridized carbons (Fsp3) is 0.900. The van der Waals surface area contributed by atoms with Crippen molar-refractivity contribution < 1.29 is 9.90 Å². The van der Waals surface area contributed by atoms with Crippen LogP contribution >= 0.6 is 0 Å². The van der Waals surface area contributed by atoms with Crippen molar-refractivity contribution in [2.24, 2.45) is 0 Å². The number of hydrogen-bond donors (Lipinski definition) is 2. The molecular weight excluding hydrogens is 180 g/mol. The first-order chi connectivity index (χ1) is 6.72. The smallest absolute Gasteiger partial charge is 0.317 e. The SMILES string of the molecule is CCCN[C@H]1CCCN(CC(=O)O)C1. The summed E-state index contributed by atoms with van der Waals surface area (Å²) in [6.07, 6.45) is 3.42. The zero-order valence-electron chi connectivity index (χ0n) is 8.83. The Hall–Kier alpha value is -0.610. The van der Waals surface area contributed by atoms with Crippen molar-refractivity contribution in [3.63, 3.8) is 0 Å². The first-order valence-corrected chi connectivity index (χ1v) is 5.40. The zero-order valence-corrected chi connectivity index (χ0v) is 8.83. The van der Waals surface area contributed by atoms with E-state index in [1.165, 1.54) is 6.42 Å². The number of nitrogens with one attached hydrogen (secondary N) is 1. The van der Waals surface area contributed by atoms with Gasteiger partial charge in [-0.1, -0.05) is 6.92 Å². The van der Waals surface area contributed by atoms with Gasteiger partial charge in [0.2, 0.25) is 0 Å². The van der Waals surface area contributed by atoms with Crippen molar-refractivity contribution in [3.8, 4) is 0 Å². The molecule has 1 atom stereocenters. The van der Waals surface area contributed by atoms with Gasteiger partial charge in [-0.15, -0.1) is 0 Å². The third-order valence-electron chi connectivity index (χ3n) is 2.55. The molecule has 2 N–H and O–H groups in total. The maximum atomic E-state index is 10.5. The first kappa shape index (κ1) is 11.5. The lowest BCUT2D eigenvalue weighted by Gasteiger charge is -2.32. The van der Waals surface area contributed by atoms with Crippen LogP contribution in [0.15, 0.2) is 0 Å². The molecule has 1 fully saturated rings. The van der Waals surface area contributed by atoms with Gasteiger partial charge in [-0.25, -0.2) is 0 Å². The van der Waals surface area contributed by atoms with Gasteiger partial charge >= 0.3 is 5.97 Å². The molecule has 0 aromatic heterocycles. The van der Waals surface area contributed by atoms with E-state index in [0.29, 0.717) is 6.04 Å². The highest BCUT2D eigenvalue weighted by Gasteiger charge is 2.20. The fourth-order valence-corrected chi connectivity index (χ4v) is 1.91. The van der Waals surface area contributed by atoms with Crippen molar-refractivity contribution in [1.82, 2.24) is 10.2 Å². The number of nitrogens with zero attached hydrogens (tertiary/aromatic N) is 1. The van der Waals surface area contributed by atoms with Crippen molar-refractivity contribution in [2.45, 2.75) is 32.2 Å². The van der Waals surface area contributed by atoms with Crippen molar-refractivity contribution in [2.75, 3.05) is 26.2 Å². The summed E-state index contributed by atoms with van der Waals surface area (Å²) in [4.78, 5) is 12.5. The van der Waals surface area contributed by atoms with Gasteiger partial charge in [-0.05, 0) is 32.4 Å². The van der Waals surface area contributed by atoms with E-state index in [-0.39, 0.29) is 6.54 Å². The van der Waals surface area contributed by atoms with Crippen LogP contribution in [-0.4, -0.2) is 48.2 Å². The predicted octanol–water partition coefficient (Wildman–Crippen LogP) is 0.535. The van der Waals surface area contributed by atoms with E-state index in [4.69, 9.17) is 5.11 Å². The highest BCUT2D eigenvalue weighted by atomic mass is 16.4. The zero-order chi connectivity index (χ0) is 10.4. The molecule has 0 aromatic rings. The van der Waals surface area contributed by atoms with Crippen LogP contribution in [0.3, 0.4) is 0 Å². The van der Waals surface area contributed by atoms with Gasteiger partial charge in [0.05, 0.1) is 6.54 Å². The summed E-state index contributed by atoms with van der Waals surface area (Å²) in [6.45, 7) is 5.17. The average molecular weight is 200 g/mol. The molecule has 0 amide bonds. The Bertz CT molecular complexity index is 185. The summed E-state index contributed by atoms with van der Waals surface area (Å²) in [7, 11) is 0. The molecule has 4 nitrogen and oxygen atoms in total. The monoisotopic (exact) mass is 200 g/mol. The summed E-state index contributed by atoms with van der Waals surface area (Å²) in [5, 5.41) is 12.1. The van der Waals surface area contributed by atoms with E-state index < -0.39 is 5.97 Å². The lowest BCUT2D eigenvalue weighted by molar-refractivity contribution is -0.138. The van der Waals surface area contributed by atoms with Gasteiger partial charge in [0, 0.05) is 12.6 Å². The third kappa shape index (κ3) is 4.07. The standard InChI is InChI=1S/C10H20N2O2/c1-2-5-11-9-4-3-6-12(7-9)8-10(13)14/h9,11H,2-8H2,1H3,(H,13,14)/t9-/m0/s1. The number of rotatable bonds is 5. The molecule has 14 heavy (non-hydrogen) atoms. The predicted molar refractivity (Wildman–Crippen MR) is 55.4 cm³/mol. The summed E-state index contributed by atoms with van der Waals surface area (Å²) in [5.41, 5.74) is 0. The minimum absolute atomic E-state index is 0.185. The average Bonchev–Trinajstić information content (AvgIpc) is 2.14. The van der Waals surface area contributed by atoms with Crippen molar-refractivity contribution in [1.29, 1.82) is 0 Å². The number of hydrogen-bond acceptors (Lipinski definition) is 3.